The zero-order valence-electron chi connectivity index (χ0n) is 10.9. The first-order chi connectivity index (χ1) is 8.99. The van der Waals surface area contributed by atoms with E-state index in [4.69, 9.17) is 9.26 Å². The van der Waals surface area contributed by atoms with Gasteiger partial charge in [0.1, 0.15) is 12.1 Å². The third kappa shape index (κ3) is 2.33. The van der Waals surface area contributed by atoms with Crippen molar-refractivity contribution >= 4 is 11.9 Å². The Kier molecular flexibility index (Phi) is 3.57. The van der Waals surface area contributed by atoms with Crippen LogP contribution in [0, 0.1) is 0 Å². The van der Waals surface area contributed by atoms with Crippen LogP contribution in [0.15, 0.2) is 10.6 Å². The molecular formula is C12H16N2O5. The molecule has 1 aromatic rings. The summed E-state index contributed by atoms with van der Waals surface area (Å²) in [6, 6.07) is 1.48. The second-order valence-corrected chi connectivity index (χ2v) is 4.75. The largest absolute Gasteiger partial charge is 0.480 e. The molecule has 104 valence electrons. The van der Waals surface area contributed by atoms with Crippen LogP contribution in [0.3, 0.4) is 0 Å². The fourth-order valence-corrected chi connectivity index (χ4v) is 2.27. The number of methoxy groups -OCH3 is 1. The third-order valence-corrected chi connectivity index (χ3v) is 3.41. The Labute approximate surface area is 110 Å². The normalized spacial score (nSPS) is 22.7. The lowest BCUT2D eigenvalue weighted by molar-refractivity contribution is -0.147. The van der Waals surface area contributed by atoms with E-state index in [0.717, 1.165) is 0 Å². The summed E-state index contributed by atoms with van der Waals surface area (Å²) in [5, 5.41) is 12.9. The number of rotatable bonds is 4. The number of aliphatic carboxylic acids is 1. The van der Waals surface area contributed by atoms with E-state index < -0.39 is 17.4 Å². The summed E-state index contributed by atoms with van der Waals surface area (Å²) >= 11 is 0. The quantitative estimate of drug-likeness (QED) is 0.872. The summed E-state index contributed by atoms with van der Waals surface area (Å²) in [7, 11) is 1.51. The molecule has 0 aromatic carbocycles. The average molecular weight is 268 g/mol. The molecular weight excluding hydrogens is 252 g/mol. The zero-order chi connectivity index (χ0) is 14.0. The van der Waals surface area contributed by atoms with Crippen molar-refractivity contribution in [3.05, 3.63) is 17.5 Å². The number of hydrogen-bond donors (Lipinski definition) is 1. The zero-order valence-corrected chi connectivity index (χ0v) is 10.9. The van der Waals surface area contributed by atoms with Gasteiger partial charge < -0.3 is 19.3 Å². The lowest BCUT2D eigenvalue weighted by Gasteiger charge is -2.30. The molecule has 1 atom stereocenters. The van der Waals surface area contributed by atoms with Crippen LogP contribution in [0.25, 0.3) is 0 Å². The number of hydrogen-bond acceptors (Lipinski definition) is 5. The smallest absolute Gasteiger partial charge is 0.329 e. The van der Waals surface area contributed by atoms with E-state index in [9.17, 15) is 14.7 Å². The van der Waals surface area contributed by atoms with Crippen LogP contribution in [-0.4, -0.2) is 46.2 Å². The highest BCUT2D eigenvalue weighted by molar-refractivity contribution is 5.96. The SMILES string of the molecule is COCc1cc(C(=O)N2CCCC2(C)C(=O)O)no1. The van der Waals surface area contributed by atoms with Gasteiger partial charge in [-0.05, 0) is 19.8 Å². The summed E-state index contributed by atoms with van der Waals surface area (Å²) < 4.78 is 9.82. The van der Waals surface area contributed by atoms with Crippen LogP contribution in [0.5, 0.6) is 0 Å². The molecule has 1 aromatic heterocycles. The minimum absolute atomic E-state index is 0.112. The molecule has 2 heterocycles. The number of ether oxygens (including phenoxy) is 1. The number of likely N-dealkylation sites (tertiary alicyclic amines) is 1. The van der Waals surface area contributed by atoms with Gasteiger partial charge in [-0.1, -0.05) is 5.16 Å². The monoisotopic (exact) mass is 268 g/mol. The minimum atomic E-state index is -1.17. The van der Waals surface area contributed by atoms with Crippen LogP contribution in [0.2, 0.25) is 0 Å². The Morgan fingerprint density at radius 2 is 2.37 bits per heavy atom. The molecule has 1 N–H and O–H groups in total. The Morgan fingerprint density at radius 1 is 1.63 bits per heavy atom. The molecule has 1 saturated heterocycles. The fraction of sp³-hybridized carbons (Fsp3) is 0.583. The van der Waals surface area contributed by atoms with Gasteiger partial charge in [-0.2, -0.15) is 0 Å². The Balaban J connectivity index is 2.20. The van der Waals surface area contributed by atoms with Gasteiger partial charge in [-0.15, -0.1) is 0 Å². The highest BCUT2D eigenvalue weighted by Crippen LogP contribution is 2.30. The van der Waals surface area contributed by atoms with E-state index in [1.807, 2.05) is 0 Å². The summed E-state index contributed by atoms with van der Waals surface area (Å²) in [6.45, 7) is 2.18. The second-order valence-electron chi connectivity index (χ2n) is 4.75. The molecule has 0 saturated carbocycles. The summed E-state index contributed by atoms with van der Waals surface area (Å²) in [4.78, 5) is 24.9. The van der Waals surface area contributed by atoms with Crippen molar-refractivity contribution < 1.29 is 24.0 Å². The maximum atomic E-state index is 12.3. The molecule has 0 bridgehead atoms. The molecule has 1 fully saturated rings. The van der Waals surface area contributed by atoms with E-state index >= 15 is 0 Å². The first-order valence-electron chi connectivity index (χ1n) is 5.99. The first kappa shape index (κ1) is 13.5. The number of carbonyl (C=O) groups excluding carboxylic acids is 1. The molecule has 7 nitrogen and oxygen atoms in total. The van der Waals surface area contributed by atoms with Crippen LogP contribution < -0.4 is 0 Å². The van der Waals surface area contributed by atoms with Gasteiger partial charge in [0.25, 0.3) is 5.91 Å². The summed E-state index contributed by atoms with van der Waals surface area (Å²) in [5.74, 6) is -0.991. The van der Waals surface area contributed by atoms with Gasteiger partial charge in [0.15, 0.2) is 11.5 Å². The van der Waals surface area contributed by atoms with Crippen LogP contribution >= 0.6 is 0 Å². The van der Waals surface area contributed by atoms with Gasteiger partial charge in [0, 0.05) is 19.7 Å². The van der Waals surface area contributed by atoms with E-state index in [1.54, 1.807) is 6.92 Å². The molecule has 0 aliphatic carbocycles. The molecule has 7 heteroatoms. The van der Waals surface area contributed by atoms with E-state index in [2.05, 4.69) is 5.16 Å². The molecule has 1 unspecified atom stereocenters. The molecule has 1 aliphatic heterocycles. The number of aromatic nitrogens is 1. The Bertz CT molecular complexity index is 498. The molecule has 0 spiro atoms. The molecule has 2 rings (SSSR count). The maximum Gasteiger partial charge on any atom is 0.329 e. The molecule has 0 radical (unpaired) electrons. The first-order valence-corrected chi connectivity index (χ1v) is 5.99. The van der Waals surface area contributed by atoms with Crippen molar-refractivity contribution in [3.8, 4) is 0 Å². The van der Waals surface area contributed by atoms with Gasteiger partial charge in [-0.3, -0.25) is 4.79 Å². The van der Waals surface area contributed by atoms with Gasteiger partial charge in [0.2, 0.25) is 0 Å². The highest BCUT2D eigenvalue weighted by Gasteiger charge is 2.46. The Morgan fingerprint density at radius 3 is 3.00 bits per heavy atom. The van der Waals surface area contributed by atoms with Crippen LogP contribution in [-0.2, 0) is 16.1 Å². The van der Waals surface area contributed by atoms with E-state index in [0.29, 0.717) is 25.1 Å². The van der Waals surface area contributed by atoms with Crippen molar-refractivity contribution in [2.45, 2.75) is 31.9 Å². The standard InChI is InChI=1S/C12H16N2O5/c1-12(11(16)17)4-3-5-14(12)10(15)9-6-8(7-18-2)19-13-9/h6H,3-5,7H2,1-2H3,(H,16,17). The summed E-state index contributed by atoms with van der Waals surface area (Å²) in [5.41, 5.74) is -1.06. The van der Waals surface area contributed by atoms with Crippen LogP contribution in [0.4, 0.5) is 0 Å². The van der Waals surface area contributed by atoms with Gasteiger partial charge >= 0.3 is 5.97 Å². The number of carbonyl (C=O) groups is 2. The van der Waals surface area contributed by atoms with Crippen molar-refractivity contribution in [1.82, 2.24) is 10.1 Å². The number of carboxylic acid groups (broad SMARTS) is 1. The number of nitrogens with zero attached hydrogens (tertiary/aromatic N) is 2. The van der Waals surface area contributed by atoms with Crippen LogP contribution in [0.1, 0.15) is 36.0 Å². The van der Waals surface area contributed by atoms with E-state index in [1.165, 1.54) is 18.1 Å². The number of amides is 1. The number of carboxylic acids is 1. The van der Waals surface area contributed by atoms with Crippen molar-refractivity contribution in [2.75, 3.05) is 13.7 Å². The maximum absolute atomic E-state index is 12.3. The third-order valence-electron chi connectivity index (χ3n) is 3.41. The predicted molar refractivity (Wildman–Crippen MR) is 63.5 cm³/mol. The fourth-order valence-electron chi connectivity index (χ4n) is 2.27. The lowest BCUT2D eigenvalue weighted by Crippen LogP contribution is -2.50. The van der Waals surface area contributed by atoms with Crippen molar-refractivity contribution in [1.29, 1.82) is 0 Å². The Hall–Kier alpha value is -1.89. The van der Waals surface area contributed by atoms with E-state index in [-0.39, 0.29) is 12.3 Å². The summed E-state index contributed by atoms with van der Waals surface area (Å²) in [6.07, 6.45) is 1.11. The minimum Gasteiger partial charge on any atom is -0.480 e. The van der Waals surface area contributed by atoms with Gasteiger partial charge in [-0.25, -0.2) is 4.79 Å². The average Bonchev–Trinajstić information content (AvgIpc) is 2.96. The topological polar surface area (TPSA) is 92.9 Å². The van der Waals surface area contributed by atoms with Crippen molar-refractivity contribution in [3.63, 3.8) is 0 Å². The molecule has 1 amide bonds. The lowest BCUT2D eigenvalue weighted by atomic mass is 9.99. The molecule has 1 aliphatic rings. The molecule has 19 heavy (non-hydrogen) atoms. The van der Waals surface area contributed by atoms with Gasteiger partial charge in [0.05, 0.1) is 0 Å². The highest BCUT2D eigenvalue weighted by atomic mass is 16.5. The predicted octanol–water partition coefficient (Wildman–Crippen LogP) is 0.900. The van der Waals surface area contributed by atoms with Crippen molar-refractivity contribution in [2.24, 2.45) is 0 Å². The second kappa shape index (κ2) is 5.00.